The van der Waals surface area contributed by atoms with E-state index in [9.17, 15) is 0 Å². The van der Waals surface area contributed by atoms with Crippen LogP contribution in [-0.2, 0) is 11.0 Å². The van der Waals surface area contributed by atoms with Gasteiger partial charge in [-0.2, -0.15) is 0 Å². The molecular weight excluding hydrogens is 278 g/mol. The highest BCUT2D eigenvalue weighted by Crippen LogP contribution is 2.40. The van der Waals surface area contributed by atoms with Gasteiger partial charge in [-0.05, 0) is 32.2 Å². The molecule has 2 fully saturated rings. The van der Waals surface area contributed by atoms with Crippen molar-refractivity contribution >= 4 is 11.3 Å². The molecule has 1 saturated heterocycles. The first-order chi connectivity index (χ1) is 9.94. The number of rotatable bonds is 5. The Kier molecular flexibility index (Phi) is 4.15. The molecule has 2 aliphatic rings. The first-order valence-electron chi connectivity index (χ1n) is 8.40. The zero-order valence-corrected chi connectivity index (χ0v) is 14.7. The smallest absolute Gasteiger partial charge is 0.114 e. The highest BCUT2D eigenvalue weighted by molar-refractivity contribution is 7.09. The Labute approximate surface area is 133 Å². The molecule has 1 N–H and O–H groups in total. The highest BCUT2D eigenvalue weighted by atomic mass is 32.1. The first kappa shape index (κ1) is 15.4. The molecule has 0 amide bonds. The van der Waals surface area contributed by atoms with E-state index < -0.39 is 0 Å². The van der Waals surface area contributed by atoms with E-state index in [1.54, 1.807) is 0 Å². The molecule has 3 rings (SSSR count). The molecule has 0 radical (unpaired) electrons. The van der Waals surface area contributed by atoms with Crippen molar-refractivity contribution in [1.82, 2.24) is 15.2 Å². The van der Waals surface area contributed by atoms with Crippen LogP contribution in [0.3, 0.4) is 0 Å². The Morgan fingerprint density at radius 1 is 1.43 bits per heavy atom. The van der Waals surface area contributed by atoms with Crippen LogP contribution >= 0.6 is 11.3 Å². The van der Waals surface area contributed by atoms with Gasteiger partial charge in [0.1, 0.15) is 5.01 Å². The average molecular weight is 308 g/mol. The first-order valence-corrected chi connectivity index (χ1v) is 9.28. The molecule has 21 heavy (non-hydrogen) atoms. The predicted molar refractivity (Wildman–Crippen MR) is 90.0 cm³/mol. The Morgan fingerprint density at radius 3 is 2.76 bits per heavy atom. The van der Waals surface area contributed by atoms with Crippen LogP contribution in [0.1, 0.15) is 64.1 Å². The van der Waals surface area contributed by atoms with Gasteiger partial charge in [0.2, 0.25) is 0 Å². The summed E-state index contributed by atoms with van der Waals surface area (Å²) < 4.78 is 0. The second-order valence-corrected chi connectivity index (χ2v) is 8.61. The quantitative estimate of drug-likeness (QED) is 0.902. The predicted octanol–water partition coefficient (Wildman–Crippen LogP) is 3.50. The SMILES string of the molecule is CCCNC1(c2nc(C(C)(C)C)cs2)CCN(C2CC2)C1. The van der Waals surface area contributed by atoms with Crippen molar-refractivity contribution in [1.29, 1.82) is 0 Å². The largest absolute Gasteiger partial charge is 0.304 e. The maximum Gasteiger partial charge on any atom is 0.114 e. The van der Waals surface area contributed by atoms with Gasteiger partial charge in [-0.3, -0.25) is 4.90 Å². The lowest BCUT2D eigenvalue weighted by atomic mass is 9.93. The van der Waals surface area contributed by atoms with Crippen molar-refractivity contribution in [3.05, 3.63) is 16.1 Å². The standard InChI is InChI=1S/C17H29N3S/c1-5-9-18-17(8-10-20(12-17)13-6-7-13)15-19-14(11-21-15)16(2,3)4/h11,13,18H,5-10,12H2,1-4H3. The molecule has 2 heterocycles. The van der Waals surface area contributed by atoms with Crippen molar-refractivity contribution in [2.45, 2.75) is 70.4 Å². The van der Waals surface area contributed by atoms with Gasteiger partial charge in [-0.25, -0.2) is 4.98 Å². The summed E-state index contributed by atoms with van der Waals surface area (Å²) in [4.78, 5) is 7.71. The molecule has 1 atom stereocenters. The average Bonchev–Trinajstić information content (AvgIpc) is 2.99. The Balaban J connectivity index is 1.83. The van der Waals surface area contributed by atoms with E-state index in [2.05, 4.69) is 43.3 Å². The lowest BCUT2D eigenvalue weighted by Gasteiger charge is -2.29. The zero-order chi connectivity index (χ0) is 15.1. The van der Waals surface area contributed by atoms with E-state index in [4.69, 9.17) is 4.98 Å². The normalized spacial score (nSPS) is 27.4. The number of thiazole rings is 1. The summed E-state index contributed by atoms with van der Waals surface area (Å²) in [5.41, 5.74) is 1.49. The molecule has 4 heteroatoms. The van der Waals surface area contributed by atoms with E-state index >= 15 is 0 Å². The van der Waals surface area contributed by atoms with Gasteiger partial charge in [0, 0.05) is 29.9 Å². The van der Waals surface area contributed by atoms with Crippen LogP contribution in [0.25, 0.3) is 0 Å². The van der Waals surface area contributed by atoms with Crippen molar-refractivity contribution < 1.29 is 0 Å². The van der Waals surface area contributed by atoms with Crippen LogP contribution in [0.2, 0.25) is 0 Å². The van der Waals surface area contributed by atoms with Gasteiger partial charge in [0.05, 0.1) is 11.2 Å². The molecule has 0 aromatic carbocycles. The van der Waals surface area contributed by atoms with Crippen molar-refractivity contribution in [3.8, 4) is 0 Å². The van der Waals surface area contributed by atoms with Crippen LogP contribution in [0.5, 0.6) is 0 Å². The molecule has 1 aromatic heterocycles. The third kappa shape index (κ3) is 3.17. The summed E-state index contributed by atoms with van der Waals surface area (Å²) in [6, 6.07) is 0.859. The van der Waals surface area contributed by atoms with Crippen LogP contribution in [0.4, 0.5) is 0 Å². The molecule has 1 aliphatic carbocycles. The van der Waals surface area contributed by atoms with Gasteiger partial charge in [0.25, 0.3) is 0 Å². The van der Waals surface area contributed by atoms with Gasteiger partial charge >= 0.3 is 0 Å². The van der Waals surface area contributed by atoms with Crippen LogP contribution < -0.4 is 5.32 Å². The number of hydrogen-bond acceptors (Lipinski definition) is 4. The van der Waals surface area contributed by atoms with E-state index in [1.165, 1.54) is 42.9 Å². The van der Waals surface area contributed by atoms with Crippen molar-refractivity contribution in [2.75, 3.05) is 19.6 Å². The summed E-state index contributed by atoms with van der Waals surface area (Å²) in [6.07, 6.45) is 5.19. The molecule has 1 unspecified atom stereocenters. The highest BCUT2D eigenvalue weighted by Gasteiger charge is 2.45. The summed E-state index contributed by atoms with van der Waals surface area (Å²) in [7, 11) is 0. The van der Waals surface area contributed by atoms with Gasteiger partial charge < -0.3 is 5.32 Å². The maximum absolute atomic E-state index is 5.03. The minimum Gasteiger partial charge on any atom is -0.304 e. The number of aromatic nitrogens is 1. The lowest BCUT2D eigenvalue weighted by molar-refractivity contribution is 0.274. The maximum atomic E-state index is 5.03. The fraction of sp³-hybridized carbons (Fsp3) is 0.824. The minimum absolute atomic E-state index is 0.104. The van der Waals surface area contributed by atoms with Crippen molar-refractivity contribution in [3.63, 3.8) is 0 Å². The van der Waals surface area contributed by atoms with E-state index in [0.29, 0.717) is 0 Å². The fourth-order valence-corrected chi connectivity index (χ4v) is 4.43. The number of nitrogens with one attached hydrogen (secondary N) is 1. The Morgan fingerprint density at radius 2 is 2.19 bits per heavy atom. The molecule has 0 spiro atoms. The monoisotopic (exact) mass is 307 g/mol. The Hall–Kier alpha value is -0.450. The fourth-order valence-electron chi connectivity index (χ4n) is 3.19. The molecule has 1 aromatic rings. The number of hydrogen-bond donors (Lipinski definition) is 1. The van der Waals surface area contributed by atoms with Gasteiger partial charge in [-0.1, -0.05) is 27.7 Å². The van der Waals surface area contributed by atoms with E-state index in [1.807, 2.05) is 11.3 Å². The topological polar surface area (TPSA) is 28.2 Å². The van der Waals surface area contributed by atoms with E-state index in [0.717, 1.165) is 19.1 Å². The second-order valence-electron chi connectivity index (χ2n) is 7.75. The van der Waals surface area contributed by atoms with Gasteiger partial charge in [0.15, 0.2) is 0 Å². The van der Waals surface area contributed by atoms with Crippen LogP contribution in [-0.4, -0.2) is 35.6 Å². The second kappa shape index (κ2) is 5.64. The summed E-state index contributed by atoms with van der Waals surface area (Å²) in [5, 5.41) is 7.42. The minimum atomic E-state index is 0.104. The third-order valence-electron chi connectivity index (χ3n) is 4.76. The Bertz CT molecular complexity index is 486. The number of nitrogens with zero attached hydrogens (tertiary/aromatic N) is 2. The summed E-state index contributed by atoms with van der Waals surface area (Å²) in [6.45, 7) is 12.5. The molecule has 1 saturated carbocycles. The zero-order valence-electron chi connectivity index (χ0n) is 13.9. The summed E-state index contributed by atoms with van der Waals surface area (Å²) >= 11 is 1.86. The lowest BCUT2D eigenvalue weighted by Crippen LogP contribution is -2.45. The van der Waals surface area contributed by atoms with Crippen LogP contribution in [0.15, 0.2) is 5.38 Å². The molecule has 3 nitrogen and oxygen atoms in total. The third-order valence-corrected chi connectivity index (χ3v) is 5.80. The summed E-state index contributed by atoms with van der Waals surface area (Å²) in [5.74, 6) is 0. The number of likely N-dealkylation sites (tertiary alicyclic amines) is 1. The van der Waals surface area contributed by atoms with Crippen LogP contribution in [0, 0.1) is 0 Å². The molecular formula is C17H29N3S. The van der Waals surface area contributed by atoms with Crippen molar-refractivity contribution in [2.24, 2.45) is 0 Å². The molecule has 118 valence electrons. The molecule has 0 bridgehead atoms. The molecule has 1 aliphatic heterocycles. The van der Waals surface area contributed by atoms with Gasteiger partial charge in [-0.15, -0.1) is 11.3 Å². The van der Waals surface area contributed by atoms with E-state index in [-0.39, 0.29) is 11.0 Å².